The van der Waals surface area contributed by atoms with Crippen LogP contribution in [-0.4, -0.2) is 37.1 Å². The van der Waals surface area contributed by atoms with Crippen molar-refractivity contribution in [3.05, 3.63) is 21.9 Å². The molecule has 0 amide bonds. The molecular formula is C14H25N3S2. The van der Waals surface area contributed by atoms with E-state index in [0.717, 1.165) is 31.2 Å². The van der Waals surface area contributed by atoms with Crippen LogP contribution in [0.15, 0.2) is 17.1 Å². The molecule has 0 saturated carbocycles. The first-order chi connectivity index (χ1) is 9.15. The zero-order valence-corrected chi connectivity index (χ0v) is 14.0. The lowest BCUT2D eigenvalue weighted by Gasteiger charge is -2.17. The summed E-state index contributed by atoms with van der Waals surface area (Å²) >= 11 is 3.70. The second kappa shape index (κ2) is 9.26. The van der Waals surface area contributed by atoms with Gasteiger partial charge in [0.2, 0.25) is 0 Å². The van der Waals surface area contributed by atoms with E-state index in [-0.39, 0.29) is 0 Å². The molecule has 0 bridgehead atoms. The van der Waals surface area contributed by atoms with Gasteiger partial charge in [0.25, 0.3) is 0 Å². The summed E-state index contributed by atoms with van der Waals surface area (Å²) in [4.78, 5) is 7.37. The molecule has 1 rings (SSSR count). The van der Waals surface area contributed by atoms with E-state index in [1.165, 1.54) is 9.75 Å². The minimum absolute atomic E-state index is 0.394. The first-order valence-electron chi connectivity index (χ1n) is 6.74. The smallest absolute Gasteiger partial charge is 0.191 e. The molecule has 19 heavy (non-hydrogen) atoms. The average molecular weight is 300 g/mol. The van der Waals surface area contributed by atoms with Gasteiger partial charge in [-0.05, 0) is 39.2 Å². The minimum atomic E-state index is 0.394. The van der Waals surface area contributed by atoms with Crippen molar-refractivity contribution in [2.24, 2.45) is 4.99 Å². The summed E-state index contributed by atoms with van der Waals surface area (Å²) in [5.41, 5.74) is 0. The predicted molar refractivity (Wildman–Crippen MR) is 89.7 cm³/mol. The van der Waals surface area contributed by atoms with Crippen molar-refractivity contribution in [3.63, 3.8) is 0 Å². The third-order valence-electron chi connectivity index (χ3n) is 2.60. The summed E-state index contributed by atoms with van der Waals surface area (Å²) in [6.45, 7) is 8.22. The highest BCUT2D eigenvalue weighted by atomic mass is 32.2. The van der Waals surface area contributed by atoms with Crippen molar-refractivity contribution < 1.29 is 0 Å². The molecule has 0 aliphatic heterocycles. The fourth-order valence-corrected chi connectivity index (χ4v) is 3.04. The molecule has 5 heteroatoms. The van der Waals surface area contributed by atoms with Crippen molar-refractivity contribution in [3.8, 4) is 0 Å². The number of hydrogen-bond donors (Lipinski definition) is 2. The van der Waals surface area contributed by atoms with Crippen LogP contribution in [0.2, 0.25) is 0 Å². The van der Waals surface area contributed by atoms with Gasteiger partial charge in [-0.25, -0.2) is 0 Å². The number of thiophene rings is 1. The SMILES string of the molecule is CCNC(=NCCSC)NC(C)Cc1ccc(C)s1. The monoisotopic (exact) mass is 299 g/mol. The number of nitrogens with zero attached hydrogens (tertiary/aromatic N) is 1. The highest BCUT2D eigenvalue weighted by Gasteiger charge is 2.07. The highest BCUT2D eigenvalue weighted by molar-refractivity contribution is 7.98. The van der Waals surface area contributed by atoms with Crippen LogP contribution in [0.1, 0.15) is 23.6 Å². The maximum absolute atomic E-state index is 4.57. The zero-order valence-electron chi connectivity index (χ0n) is 12.3. The molecule has 1 aromatic rings. The molecule has 0 fully saturated rings. The molecule has 0 aliphatic carbocycles. The van der Waals surface area contributed by atoms with Crippen LogP contribution in [0.5, 0.6) is 0 Å². The lowest BCUT2D eigenvalue weighted by Crippen LogP contribution is -2.43. The van der Waals surface area contributed by atoms with E-state index in [1.54, 1.807) is 0 Å². The molecule has 1 atom stereocenters. The Morgan fingerprint density at radius 2 is 2.26 bits per heavy atom. The molecule has 108 valence electrons. The number of aliphatic imine (C=N–C) groups is 1. The van der Waals surface area contributed by atoms with Crippen LogP contribution in [-0.2, 0) is 6.42 Å². The van der Waals surface area contributed by atoms with Crippen LogP contribution in [0.25, 0.3) is 0 Å². The summed E-state index contributed by atoms with van der Waals surface area (Å²) in [5.74, 6) is 1.99. The lowest BCUT2D eigenvalue weighted by molar-refractivity contribution is 0.646. The number of nitrogens with one attached hydrogen (secondary N) is 2. The fraction of sp³-hybridized carbons (Fsp3) is 0.643. The molecule has 1 heterocycles. The van der Waals surface area contributed by atoms with Crippen LogP contribution in [0, 0.1) is 6.92 Å². The summed E-state index contributed by atoms with van der Waals surface area (Å²) in [6, 6.07) is 4.80. The Balaban J connectivity index is 2.45. The predicted octanol–water partition coefficient (Wildman–Crippen LogP) is 2.91. The highest BCUT2D eigenvalue weighted by Crippen LogP contribution is 2.16. The Kier molecular flexibility index (Phi) is 7.98. The largest absolute Gasteiger partial charge is 0.357 e. The third kappa shape index (κ3) is 6.87. The van der Waals surface area contributed by atoms with Gasteiger partial charge >= 0.3 is 0 Å². The van der Waals surface area contributed by atoms with Gasteiger partial charge in [0.05, 0.1) is 6.54 Å². The lowest BCUT2D eigenvalue weighted by atomic mass is 10.2. The van der Waals surface area contributed by atoms with E-state index in [0.29, 0.717) is 6.04 Å². The maximum atomic E-state index is 4.57. The van der Waals surface area contributed by atoms with Crippen LogP contribution >= 0.6 is 23.1 Å². The zero-order chi connectivity index (χ0) is 14.1. The molecule has 0 radical (unpaired) electrons. The van der Waals surface area contributed by atoms with Gasteiger partial charge in [0.1, 0.15) is 0 Å². The first kappa shape index (κ1) is 16.4. The molecular weight excluding hydrogens is 274 g/mol. The minimum Gasteiger partial charge on any atom is -0.357 e. The number of thioether (sulfide) groups is 1. The van der Waals surface area contributed by atoms with E-state index in [4.69, 9.17) is 0 Å². The quantitative estimate of drug-likeness (QED) is 0.462. The number of aryl methyl sites for hydroxylation is 1. The van der Waals surface area contributed by atoms with Gasteiger partial charge in [-0.1, -0.05) is 0 Å². The second-order valence-electron chi connectivity index (χ2n) is 4.52. The molecule has 0 saturated heterocycles. The maximum Gasteiger partial charge on any atom is 0.191 e. The fourth-order valence-electron chi connectivity index (χ4n) is 1.75. The summed E-state index contributed by atoms with van der Waals surface area (Å²) in [6.07, 6.45) is 3.16. The number of rotatable bonds is 7. The Labute approximate surface area is 125 Å². The van der Waals surface area contributed by atoms with Crippen LogP contribution in [0.4, 0.5) is 0 Å². The Morgan fingerprint density at radius 3 is 2.84 bits per heavy atom. The van der Waals surface area contributed by atoms with E-state index < -0.39 is 0 Å². The van der Waals surface area contributed by atoms with Gasteiger partial charge in [-0.15, -0.1) is 11.3 Å². The molecule has 2 N–H and O–H groups in total. The van der Waals surface area contributed by atoms with E-state index in [2.05, 4.69) is 54.8 Å². The van der Waals surface area contributed by atoms with Gasteiger partial charge < -0.3 is 10.6 Å². The molecule has 0 aliphatic rings. The first-order valence-corrected chi connectivity index (χ1v) is 8.95. The summed E-state index contributed by atoms with van der Waals surface area (Å²) in [7, 11) is 0. The van der Waals surface area contributed by atoms with Crippen molar-refractivity contribution in [1.82, 2.24) is 10.6 Å². The third-order valence-corrected chi connectivity index (χ3v) is 4.21. The van der Waals surface area contributed by atoms with Crippen molar-refractivity contribution in [2.75, 3.05) is 25.1 Å². The topological polar surface area (TPSA) is 36.4 Å². The number of guanidine groups is 1. The van der Waals surface area contributed by atoms with Gasteiger partial charge in [0.15, 0.2) is 5.96 Å². The Hall–Kier alpha value is -0.680. The van der Waals surface area contributed by atoms with E-state index in [1.807, 2.05) is 23.1 Å². The van der Waals surface area contributed by atoms with Gasteiger partial charge in [-0.3, -0.25) is 4.99 Å². The molecule has 1 aromatic heterocycles. The van der Waals surface area contributed by atoms with Crippen molar-refractivity contribution in [2.45, 2.75) is 33.2 Å². The molecule has 1 unspecified atom stereocenters. The van der Waals surface area contributed by atoms with Crippen molar-refractivity contribution >= 4 is 29.1 Å². The summed E-state index contributed by atoms with van der Waals surface area (Å²) < 4.78 is 0. The second-order valence-corrected chi connectivity index (χ2v) is 6.87. The van der Waals surface area contributed by atoms with Gasteiger partial charge in [-0.2, -0.15) is 11.8 Å². The standard InChI is InChI=1S/C14H25N3S2/c1-5-15-14(16-8-9-18-4)17-11(2)10-13-7-6-12(3)19-13/h6-7,11H,5,8-10H2,1-4H3,(H2,15,16,17). The molecule has 0 aromatic carbocycles. The Morgan fingerprint density at radius 1 is 1.47 bits per heavy atom. The average Bonchev–Trinajstić information content (AvgIpc) is 2.75. The van der Waals surface area contributed by atoms with Gasteiger partial charge in [0, 0.05) is 34.5 Å². The Bertz CT molecular complexity index is 388. The van der Waals surface area contributed by atoms with Crippen LogP contribution in [0.3, 0.4) is 0 Å². The molecule has 3 nitrogen and oxygen atoms in total. The summed E-state index contributed by atoms with van der Waals surface area (Å²) in [5, 5.41) is 6.77. The van der Waals surface area contributed by atoms with Crippen molar-refractivity contribution in [1.29, 1.82) is 0 Å². The van der Waals surface area contributed by atoms with E-state index in [9.17, 15) is 0 Å². The number of hydrogen-bond acceptors (Lipinski definition) is 3. The normalized spacial score (nSPS) is 13.4. The molecule has 0 spiro atoms. The van der Waals surface area contributed by atoms with E-state index >= 15 is 0 Å². The van der Waals surface area contributed by atoms with Crippen LogP contribution < -0.4 is 10.6 Å².